The van der Waals surface area contributed by atoms with Gasteiger partial charge in [-0.25, -0.2) is 0 Å². The second-order valence-corrected chi connectivity index (χ2v) is 2.05. The van der Waals surface area contributed by atoms with Crippen molar-refractivity contribution in [1.82, 2.24) is 0 Å². The highest BCUT2D eigenvalue weighted by Crippen LogP contribution is 2.13. The van der Waals surface area contributed by atoms with Crippen molar-refractivity contribution in [2.45, 2.75) is 25.7 Å². The fourth-order valence-electron chi connectivity index (χ4n) is 0.974. The first-order valence-electron chi connectivity index (χ1n) is 2.81. The molecule has 0 aliphatic heterocycles. The zero-order valence-electron chi connectivity index (χ0n) is 4.63. The van der Waals surface area contributed by atoms with Crippen molar-refractivity contribution < 1.29 is 10.1 Å². The van der Waals surface area contributed by atoms with Gasteiger partial charge in [0, 0.05) is 17.7 Å². The Hall–Kier alpha value is -0.730. The molecule has 46 valence electrons. The third kappa shape index (κ3) is 0.911. The van der Waals surface area contributed by atoms with Crippen LogP contribution < -0.4 is 0 Å². The van der Waals surface area contributed by atoms with E-state index in [0.29, 0.717) is 5.71 Å². The minimum absolute atomic E-state index is 0.00694. The Bertz CT molecular complexity index is 108. The van der Waals surface area contributed by atoms with Crippen molar-refractivity contribution in [2.24, 2.45) is 0 Å². The van der Waals surface area contributed by atoms with Crippen molar-refractivity contribution in [1.29, 1.82) is 0 Å². The van der Waals surface area contributed by atoms with E-state index in [0.717, 1.165) is 25.7 Å². The largest absolute Gasteiger partial charge is 0.418 e. The van der Waals surface area contributed by atoms with Gasteiger partial charge in [0.15, 0.2) is 0 Å². The Kier molecular flexibility index (Phi) is 1.37. The summed E-state index contributed by atoms with van der Waals surface area (Å²) in [6, 6.07) is 0. The van der Waals surface area contributed by atoms with Crippen LogP contribution in [0.15, 0.2) is 0 Å². The van der Waals surface area contributed by atoms with Crippen LogP contribution in [0.3, 0.4) is 0 Å². The topological polar surface area (TPSA) is 46.3 Å². The molecule has 1 saturated carbocycles. The molecule has 1 fully saturated rings. The van der Waals surface area contributed by atoms with E-state index in [9.17, 15) is 5.21 Å². The highest BCUT2D eigenvalue weighted by molar-refractivity contribution is 5.81. The van der Waals surface area contributed by atoms with Crippen LogP contribution in [-0.2, 0) is 0 Å². The molecule has 1 rings (SSSR count). The molecular weight excluding hydrogens is 106 g/mol. The van der Waals surface area contributed by atoms with Crippen LogP contribution in [0.2, 0.25) is 0 Å². The lowest BCUT2D eigenvalue weighted by Gasteiger charge is -1.88. The van der Waals surface area contributed by atoms with Gasteiger partial charge in [0.25, 0.3) is 0 Å². The molecular formula is C5H9NO2. The molecule has 0 aromatic carbocycles. The Morgan fingerprint density at radius 3 is 2.12 bits per heavy atom. The quantitative estimate of drug-likeness (QED) is 0.289. The van der Waals surface area contributed by atoms with Crippen LogP contribution in [0.5, 0.6) is 0 Å². The van der Waals surface area contributed by atoms with Gasteiger partial charge in [-0.05, 0) is 12.8 Å². The lowest BCUT2D eigenvalue weighted by Crippen LogP contribution is -2.06. The third-order valence-electron chi connectivity index (χ3n) is 1.45. The number of hydrogen-bond acceptors (Lipinski definition) is 2. The number of rotatable bonds is 0. The molecule has 0 atom stereocenters. The summed E-state index contributed by atoms with van der Waals surface area (Å²) < 4.78 is 0. The molecule has 1 N–H and O–H groups in total. The van der Waals surface area contributed by atoms with Gasteiger partial charge in [-0.2, -0.15) is 0 Å². The number of nitrogens with zero attached hydrogens (tertiary/aromatic N) is 1. The first kappa shape index (κ1) is 5.41. The van der Waals surface area contributed by atoms with Crippen LogP contribution in [0.4, 0.5) is 0 Å². The van der Waals surface area contributed by atoms with Crippen molar-refractivity contribution >= 4 is 5.71 Å². The van der Waals surface area contributed by atoms with Crippen molar-refractivity contribution in [3.05, 3.63) is 5.21 Å². The average molecular weight is 115 g/mol. The smallest absolute Gasteiger partial charge is 0.221 e. The monoisotopic (exact) mass is 115 g/mol. The predicted octanol–water partition coefficient (Wildman–Crippen LogP) is 0.901. The van der Waals surface area contributed by atoms with Gasteiger partial charge >= 0.3 is 0 Å². The molecule has 1 aliphatic rings. The van der Waals surface area contributed by atoms with Crippen LogP contribution in [0.1, 0.15) is 25.7 Å². The van der Waals surface area contributed by atoms with Gasteiger partial charge in [0.1, 0.15) is 0 Å². The zero-order chi connectivity index (χ0) is 5.98. The minimum Gasteiger partial charge on any atom is -0.418 e. The van der Waals surface area contributed by atoms with E-state index in [-0.39, 0.29) is 4.90 Å². The first-order valence-corrected chi connectivity index (χ1v) is 2.81. The van der Waals surface area contributed by atoms with Gasteiger partial charge in [0.05, 0.1) is 0 Å². The zero-order valence-corrected chi connectivity index (χ0v) is 4.63. The molecule has 0 spiro atoms. The lowest BCUT2D eigenvalue weighted by atomic mass is 10.3. The summed E-state index contributed by atoms with van der Waals surface area (Å²) in [5.41, 5.74) is 0.630. The van der Waals surface area contributed by atoms with E-state index < -0.39 is 0 Å². The summed E-state index contributed by atoms with van der Waals surface area (Å²) in [6.45, 7) is 0. The van der Waals surface area contributed by atoms with Crippen molar-refractivity contribution in [3.8, 4) is 0 Å². The maximum absolute atomic E-state index is 10.1. The summed E-state index contributed by atoms with van der Waals surface area (Å²) in [5, 5.41) is 18.4. The van der Waals surface area contributed by atoms with E-state index in [1.165, 1.54) is 0 Å². The Balaban J connectivity index is 2.58. The maximum atomic E-state index is 10.1. The second kappa shape index (κ2) is 2.03. The second-order valence-electron chi connectivity index (χ2n) is 2.05. The van der Waals surface area contributed by atoms with Crippen LogP contribution in [-0.4, -0.2) is 15.8 Å². The van der Waals surface area contributed by atoms with E-state index >= 15 is 0 Å². The molecule has 0 saturated heterocycles. The normalized spacial score (nSPS) is 19.2. The highest BCUT2D eigenvalue weighted by atomic mass is 16.8. The summed E-state index contributed by atoms with van der Waals surface area (Å²) in [7, 11) is 0. The molecule has 0 unspecified atom stereocenters. The fourth-order valence-corrected chi connectivity index (χ4v) is 0.974. The van der Waals surface area contributed by atoms with E-state index in [4.69, 9.17) is 5.21 Å². The minimum atomic E-state index is 0.00694. The molecule has 0 amide bonds. The van der Waals surface area contributed by atoms with E-state index in [2.05, 4.69) is 0 Å². The van der Waals surface area contributed by atoms with Gasteiger partial charge in [0.2, 0.25) is 5.71 Å². The van der Waals surface area contributed by atoms with Crippen LogP contribution in [0.25, 0.3) is 0 Å². The Morgan fingerprint density at radius 2 is 1.88 bits per heavy atom. The van der Waals surface area contributed by atoms with Gasteiger partial charge < -0.3 is 5.21 Å². The van der Waals surface area contributed by atoms with Crippen LogP contribution in [0, 0.1) is 5.21 Å². The lowest BCUT2D eigenvalue weighted by molar-refractivity contribution is -0.727. The Labute approximate surface area is 47.8 Å². The molecule has 0 aromatic rings. The first-order chi connectivity index (χ1) is 3.80. The predicted molar refractivity (Wildman–Crippen MR) is 28.9 cm³/mol. The molecule has 1 aliphatic carbocycles. The molecule has 3 nitrogen and oxygen atoms in total. The Morgan fingerprint density at radius 1 is 1.38 bits per heavy atom. The SMILES string of the molecule is [O-][N+](O)=C1CCCC1. The van der Waals surface area contributed by atoms with E-state index in [1.807, 2.05) is 0 Å². The van der Waals surface area contributed by atoms with Gasteiger partial charge in [-0.15, -0.1) is 0 Å². The summed E-state index contributed by atoms with van der Waals surface area (Å²) in [5.74, 6) is 0. The van der Waals surface area contributed by atoms with Gasteiger partial charge in [-0.3, -0.25) is 5.21 Å². The molecule has 0 radical (unpaired) electrons. The standard InChI is InChI=1S/C5H9NO2/c7-6(8)5-3-1-2-4-5/h1-4H2,(H,7,8). The van der Waals surface area contributed by atoms with Crippen molar-refractivity contribution in [2.75, 3.05) is 0 Å². The van der Waals surface area contributed by atoms with Crippen LogP contribution >= 0.6 is 0 Å². The third-order valence-corrected chi connectivity index (χ3v) is 1.45. The maximum Gasteiger partial charge on any atom is 0.221 e. The molecule has 0 bridgehead atoms. The molecule has 0 aromatic heterocycles. The summed E-state index contributed by atoms with van der Waals surface area (Å²) >= 11 is 0. The summed E-state index contributed by atoms with van der Waals surface area (Å²) in [4.78, 5) is 0.00694. The fraction of sp³-hybridized carbons (Fsp3) is 0.800. The molecule has 0 heterocycles. The molecule has 3 heteroatoms. The van der Waals surface area contributed by atoms with Gasteiger partial charge in [-0.1, -0.05) is 0 Å². The average Bonchev–Trinajstić information content (AvgIpc) is 2.12. The van der Waals surface area contributed by atoms with E-state index in [1.54, 1.807) is 0 Å². The summed E-state index contributed by atoms with van der Waals surface area (Å²) in [6.07, 6.45) is 3.66. The number of hydrogen-bond donors (Lipinski definition) is 1. The molecule has 8 heavy (non-hydrogen) atoms. The highest BCUT2D eigenvalue weighted by Gasteiger charge is 2.16. The van der Waals surface area contributed by atoms with Crippen molar-refractivity contribution in [3.63, 3.8) is 0 Å².